The van der Waals surface area contributed by atoms with E-state index < -0.39 is 0 Å². The van der Waals surface area contributed by atoms with E-state index in [0.29, 0.717) is 12.6 Å². The second kappa shape index (κ2) is 8.27. The van der Waals surface area contributed by atoms with Gasteiger partial charge in [0.05, 0.1) is 0 Å². The first-order valence-corrected chi connectivity index (χ1v) is 7.69. The monoisotopic (exact) mass is 378 g/mol. The number of nitrogens with one attached hydrogen (secondary N) is 1. The third-order valence-electron chi connectivity index (χ3n) is 2.86. The summed E-state index contributed by atoms with van der Waals surface area (Å²) in [6.07, 6.45) is 1.76. The normalized spacial score (nSPS) is 14.5. The molecule has 0 saturated carbocycles. The zero-order valence-electron chi connectivity index (χ0n) is 10.5. The molecule has 0 radical (unpaired) electrons. The summed E-state index contributed by atoms with van der Waals surface area (Å²) in [6.45, 7) is 2.91. The van der Waals surface area contributed by atoms with E-state index >= 15 is 0 Å². The third kappa shape index (κ3) is 4.97. The molecule has 0 bridgehead atoms. The Morgan fingerprint density at radius 1 is 1.33 bits per heavy atom. The van der Waals surface area contributed by atoms with Crippen molar-refractivity contribution in [3.05, 3.63) is 32.7 Å². The fraction of sp³-hybridized carbons (Fsp3) is 0.538. The Morgan fingerprint density at radius 3 is 2.61 bits per heavy atom. The smallest absolute Gasteiger partial charge is 0.0446 e. The van der Waals surface area contributed by atoms with Crippen LogP contribution in [0.25, 0.3) is 0 Å². The fourth-order valence-electron chi connectivity index (χ4n) is 1.85. The standard InChI is InChI=1S/C13H20Br2N2O/c1-9(3-2-6-18)17-13(8-16)10-4-5-11(14)12(15)7-10/h4-5,7,9,13,17-18H,2-3,6,8,16H2,1H3. The minimum Gasteiger partial charge on any atom is -0.396 e. The van der Waals surface area contributed by atoms with Crippen molar-refractivity contribution in [2.75, 3.05) is 13.2 Å². The summed E-state index contributed by atoms with van der Waals surface area (Å²) in [5.74, 6) is 0. The highest BCUT2D eigenvalue weighted by atomic mass is 79.9. The van der Waals surface area contributed by atoms with Crippen LogP contribution >= 0.6 is 31.9 Å². The van der Waals surface area contributed by atoms with Crippen molar-refractivity contribution in [2.24, 2.45) is 5.73 Å². The molecule has 2 atom stereocenters. The molecule has 1 aromatic carbocycles. The lowest BCUT2D eigenvalue weighted by molar-refractivity contribution is 0.274. The molecule has 3 nitrogen and oxygen atoms in total. The predicted octanol–water partition coefficient (Wildman–Crippen LogP) is 2.96. The number of rotatable bonds is 7. The lowest BCUT2D eigenvalue weighted by Crippen LogP contribution is -2.35. The first-order chi connectivity index (χ1) is 8.58. The first kappa shape index (κ1) is 16.1. The zero-order chi connectivity index (χ0) is 13.5. The highest BCUT2D eigenvalue weighted by Gasteiger charge is 2.13. The van der Waals surface area contributed by atoms with E-state index in [4.69, 9.17) is 10.8 Å². The van der Waals surface area contributed by atoms with Gasteiger partial charge in [-0.1, -0.05) is 6.07 Å². The Balaban J connectivity index is 2.67. The predicted molar refractivity (Wildman–Crippen MR) is 82.6 cm³/mol. The SMILES string of the molecule is CC(CCCO)NC(CN)c1ccc(Br)c(Br)c1. The van der Waals surface area contributed by atoms with Gasteiger partial charge in [-0.15, -0.1) is 0 Å². The Morgan fingerprint density at radius 2 is 2.06 bits per heavy atom. The van der Waals surface area contributed by atoms with Crippen molar-refractivity contribution in [2.45, 2.75) is 31.8 Å². The maximum atomic E-state index is 8.83. The van der Waals surface area contributed by atoms with Gasteiger partial charge in [-0.05, 0) is 69.3 Å². The maximum Gasteiger partial charge on any atom is 0.0446 e. The summed E-state index contributed by atoms with van der Waals surface area (Å²) in [4.78, 5) is 0. The minimum absolute atomic E-state index is 0.142. The molecule has 0 spiro atoms. The van der Waals surface area contributed by atoms with Gasteiger partial charge >= 0.3 is 0 Å². The summed E-state index contributed by atoms with van der Waals surface area (Å²) in [5.41, 5.74) is 7.00. The van der Waals surface area contributed by atoms with Gasteiger partial charge < -0.3 is 16.2 Å². The van der Waals surface area contributed by atoms with Gasteiger partial charge in [-0.3, -0.25) is 0 Å². The van der Waals surface area contributed by atoms with Crippen molar-refractivity contribution in [1.82, 2.24) is 5.32 Å². The quantitative estimate of drug-likeness (QED) is 0.682. The van der Waals surface area contributed by atoms with Gasteiger partial charge in [-0.2, -0.15) is 0 Å². The van der Waals surface area contributed by atoms with Gasteiger partial charge in [0, 0.05) is 34.2 Å². The topological polar surface area (TPSA) is 58.3 Å². The molecular weight excluding hydrogens is 360 g/mol. The molecule has 0 aromatic heterocycles. The molecule has 5 heteroatoms. The Labute approximate surface area is 125 Å². The molecular formula is C13H20Br2N2O. The summed E-state index contributed by atoms with van der Waals surface area (Å²) >= 11 is 6.96. The average molecular weight is 380 g/mol. The molecule has 0 aliphatic carbocycles. The summed E-state index contributed by atoms with van der Waals surface area (Å²) in [7, 11) is 0. The van der Waals surface area contributed by atoms with E-state index in [1.165, 1.54) is 5.56 Å². The summed E-state index contributed by atoms with van der Waals surface area (Å²) in [5, 5.41) is 12.3. The number of aliphatic hydroxyl groups is 1. The number of hydrogen-bond donors (Lipinski definition) is 3. The van der Waals surface area contributed by atoms with Gasteiger partial charge in [0.25, 0.3) is 0 Å². The van der Waals surface area contributed by atoms with Crippen LogP contribution in [-0.2, 0) is 0 Å². The van der Waals surface area contributed by atoms with E-state index in [1.807, 2.05) is 6.07 Å². The maximum absolute atomic E-state index is 8.83. The van der Waals surface area contributed by atoms with Gasteiger partial charge in [-0.25, -0.2) is 0 Å². The van der Waals surface area contributed by atoms with Gasteiger partial charge in [0.15, 0.2) is 0 Å². The largest absolute Gasteiger partial charge is 0.396 e. The molecule has 0 heterocycles. The van der Waals surface area contributed by atoms with Crippen LogP contribution in [0.1, 0.15) is 31.4 Å². The van der Waals surface area contributed by atoms with E-state index in [1.54, 1.807) is 0 Å². The van der Waals surface area contributed by atoms with Gasteiger partial charge in [0.2, 0.25) is 0 Å². The van der Waals surface area contributed by atoms with E-state index in [2.05, 4.69) is 56.2 Å². The van der Waals surface area contributed by atoms with Crippen molar-refractivity contribution >= 4 is 31.9 Å². The van der Waals surface area contributed by atoms with Gasteiger partial charge in [0.1, 0.15) is 0 Å². The van der Waals surface area contributed by atoms with Crippen LogP contribution in [-0.4, -0.2) is 24.3 Å². The lowest BCUT2D eigenvalue weighted by atomic mass is 10.0. The van der Waals surface area contributed by atoms with Crippen LogP contribution in [0.3, 0.4) is 0 Å². The lowest BCUT2D eigenvalue weighted by Gasteiger charge is -2.22. The first-order valence-electron chi connectivity index (χ1n) is 6.10. The molecule has 0 aliphatic rings. The number of halogens is 2. The number of aliphatic hydroxyl groups excluding tert-OH is 1. The van der Waals surface area contributed by atoms with E-state index in [0.717, 1.165) is 21.8 Å². The molecule has 0 fully saturated rings. The number of hydrogen-bond acceptors (Lipinski definition) is 3. The fourth-order valence-corrected chi connectivity index (χ4v) is 2.50. The highest BCUT2D eigenvalue weighted by molar-refractivity contribution is 9.13. The molecule has 0 amide bonds. The molecule has 2 unspecified atom stereocenters. The average Bonchev–Trinajstić information content (AvgIpc) is 2.37. The van der Waals surface area contributed by atoms with Crippen LogP contribution in [0.2, 0.25) is 0 Å². The Hall–Kier alpha value is 0.0600. The Kier molecular flexibility index (Phi) is 7.41. The van der Waals surface area contributed by atoms with Crippen LogP contribution in [0.4, 0.5) is 0 Å². The van der Waals surface area contributed by atoms with Crippen LogP contribution < -0.4 is 11.1 Å². The van der Waals surface area contributed by atoms with Crippen molar-refractivity contribution in [3.63, 3.8) is 0 Å². The van der Waals surface area contributed by atoms with Crippen molar-refractivity contribution < 1.29 is 5.11 Å². The van der Waals surface area contributed by atoms with Crippen LogP contribution in [0.15, 0.2) is 27.1 Å². The summed E-state index contributed by atoms with van der Waals surface area (Å²) < 4.78 is 2.07. The van der Waals surface area contributed by atoms with Crippen molar-refractivity contribution in [1.29, 1.82) is 0 Å². The second-order valence-corrected chi connectivity index (χ2v) is 6.10. The molecule has 4 N–H and O–H groups in total. The van der Waals surface area contributed by atoms with Crippen LogP contribution in [0, 0.1) is 0 Å². The van der Waals surface area contributed by atoms with E-state index in [9.17, 15) is 0 Å². The molecule has 0 aliphatic heterocycles. The summed E-state index contributed by atoms with van der Waals surface area (Å²) in [6, 6.07) is 6.64. The molecule has 0 saturated heterocycles. The zero-order valence-corrected chi connectivity index (χ0v) is 13.7. The Bertz CT molecular complexity index is 374. The molecule has 18 heavy (non-hydrogen) atoms. The van der Waals surface area contributed by atoms with Crippen molar-refractivity contribution in [3.8, 4) is 0 Å². The minimum atomic E-state index is 0.142. The molecule has 1 rings (SSSR count). The van der Waals surface area contributed by atoms with E-state index in [-0.39, 0.29) is 12.6 Å². The highest BCUT2D eigenvalue weighted by Crippen LogP contribution is 2.26. The molecule has 1 aromatic rings. The second-order valence-electron chi connectivity index (χ2n) is 4.40. The molecule has 102 valence electrons. The number of benzene rings is 1. The van der Waals surface area contributed by atoms with Crippen LogP contribution in [0.5, 0.6) is 0 Å². The third-order valence-corrected chi connectivity index (χ3v) is 4.74. The number of nitrogens with two attached hydrogens (primary N) is 1.